The van der Waals surface area contributed by atoms with Gasteiger partial charge in [-0.25, -0.2) is 0 Å². The molecule has 7 nitrogen and oxygen atoms in total. The highest BCUT2D eigenvalue weighted by molar-refractivity contribution is 5.81. The van der Waals surface area contributed by atoms with E-state index in [4.69, 9.17) is 9.26 Å². The Morgan fingerprint density at radius 1 is 1.52 bits per heavy atom. The first-order valence-electron chi connectivity index (χ1n) is 9.02. The standard InChI is InChI=1S/C18H30N4O3/c1-6-24-17(23)15-8-7-9-22(11-15)18(19-5)20-10-12(2)16-13(3)21-25-14(16)4/h12,15H,6-11H2,1-5H3,(H,19,20). The molecule has 2 heterocycles. The van der Waals surface area contributed by atoms with E-state index in [1.54, 1.807) is 7.05 Å². The van der Waals surface area contributed by atoms with Crippen LogP contribution in [-0.4, -0.2) is 55.3 Å². The van der Waals surface area contributed by atoms with Crippen molar-refractivity contribution >= 4 is 11.9 Å². The van der Waals surface area contributed by atoms with Crippen LogP contribution in [0, 0.1) is 19.8 Å². The normalized spacial score (nSPS) is 19.6. The van der Waals surface area contributed by atoms with Crippen LogP contribution in [0.2, 0.25) is 0 Å². The molecule has 2 unspecified atom stereocenters. The molecule has 2 atom stereocenters. The highest BCUT2D eigenvalue weighted by atomic mass is 16.5. The first kappa shape index (κ1) is 19.3. The van der Waals surface area contributed by atoms with Crippen LogP contribution in [0.15, 0.2) is 9.52 Å². The molecule has 1 aliphatic rings. The summed E-state index contributed by atoms with van der Waals surface area (Å²) < 4.78 is 10.4. The summed E-state index contributed by atoms with van der Waals surface area (Å²) >= 11 is 0. The van der Waals surface area contributed by atoms with E-state index in [1.807, 2.05) is 20.8 Å². The minimum absolute atomic E-state index is 0.0766. The van der Waals surface area contributed by atoms with Gasteiger partial charge in [-0.1, -0.05) is 12.1 Å². The number of aryl methyl sites for hydroxylation is 2. The van der Waals surface area contributed by atoms with Gasteiger partial charge in [0, 0.05) is 38.2 Å². The number of hydrogen-bond acceptors (Lipinski definition) is 5. The lowest BCUT2D eigenvalue weighted by Crippen LogP contribution is -2.48. The number of piperidine rings is 1. The van der Waals surface area contributed by atoms with Crippen LogP contribution in [0.5, 0.6) is 0 Å². The minimum atomic E-state index is -0.105. The Morgan fingerprint density at radius 2 is 2.28 bits per heavy atom. The summed E-state index contributed by atoms with van der Waals surface area (Å²) in [5, 5.41) is 7.45. The van der Waals surface area contributed by atoms with Gasteiger partial charge in [-0.2, -0.15) is 0 Å². The fourth-order valence-electron chi connectivity index (χ4n) is 3.49. The van der Waals surface area contributed by atoms with E-state index < -0.39 is 0 Å². The molecule has 1 N–H and O–H groups in total. The smallest absolute Gasteiger partial charge is 0.310 e. The number of nitrogens with zero attached hydrogens (tertiary/aromatic N) is 3. The van der Waals surface area contributed by atoms with Crippen molar-refractivity contribution in [3.8, 4) is 0 Å². The molecule has 1 aliphatic heterocycles. The van der Waals surface area contributed by atoms with Gasteiger partial charge in [0.2, 0.25) is 0 Å². The summed E-state index contributed by atoms with van der Waals surface area (Å²) in [5.41, 5.74) is 2.08. The number of rotatable bonds is 5. The zero-order valence-electron chi connectivity index (χ0n) is 16.0. The van der Waals surface area contributed by atoms with E-state index in [1.165, 1.54) is 0 Å². The number of guanidine groups is 1. The number of aromatic nitrogens is 1. The molecule has 25 heavy (non-hydrogen) atoms. The third-order valence-corrected chi connectivity index (χ3v) is 4.70. The summed E-state index contributed by atoms with van der Waals surface area (Å²) in [4.78, 5) is 18.6. The third kappa shape index (κ3) is 4.74. The second kappa shape index (κ2) is 8.87. The Balaban J connectivity index is 1.94. The molecule has 0 bridgehead atoms. The van der Waals surface area contributed by atoms with Crippen molar-refractivity contribution < 1.29 is 14.1 Å². The molecule has 0 aromatic carbocycles. The van der Waals surface area contributed by atoms with Gasteiger partial charge < -0.3 is 19.5 Å². The van der Waals surface area contributed by atoms with Gasteiger partial charge >= 0.3 is 5.97 Å². The Morgan fingerprint density at radius 3 is 2.88 bits per heavy atom. The fraction of sp³-hybridized carbons (Fsp3) is 0.722. The number of aliphatic imine (C=N–C) groups is 1. The van der Waals surface area contributed by atoms with Crippen molar-refractivity contribution in [1.29, 1.82) is 0 Å². The predicted octanol–water partition coefficient (Wildman–Crippen LogP) is 2.25. The van der Waals surface area contributed by atoms with Crippen LogP contribution in [0.4, 0.5) is 0 Å². The van der Waals surface area contributed by atoms with Crippen molar-refractivity contribution in [2.75, 3.05) is 33.3 Å². The lowest BCUT2D eigenvalue weighted by molar-refractivity contribution is -0.149. The first-order chi connectivity index (χ1) is 12.0. The Bertz CT molecular complexity index is 592. The van der Waals surface area contributed by atoms with Crippen LogP contribution in [0.1, 0.15) is 49.6 Å². The van der Waals surface area contributed by atoms with Gasteiger partial charge in [0.05, 0.1) is 18.2 Å². The molecule has 0 radical (unpaired) electrons. The van der Waals surface area contributed by atoms with Gasteiger partial charge in [-0.15, -0.1) is 0 Å². The van der Waals surface area contributed by atoms with Crippen LogP contribution in [0.3, 0.4) is 0 Å². The van der Waals surface area contributed by atoms with E-state index >= 15 is 0 Å². The largest absolute Gasteiger partial charge is 0.466 e. The Kier molecular flexibility index (Phi) is 6.84. The van der Waals surface area contributed by atoms with Gasteiger partial charge in [-0.05, 0) is 33.6 Å². The highest BCUT2D eigenvalue weighted by Gasteiger charge is 2.28. The molecule has 1 saturated heterocycles. The maximum atomic E-state index is 12.0. The van der Waals surface area contributed by atoms with Crippen LogP contribution >= 0.6 is 0 Å². The lowest BCUT2D eigenvalue weighted by atomic mass is 9.98. The van der Waals surface area contributed by atoms with E-state index in [2.05, 4.69) is 27.3 Å². The molecular weight excluding hydrogens is 320 g/mol. The van der Waals surface area contributed by atoms with Crippen molar-refractivity contribution in [3.05, 3.63) is 17.0 Å². The lowest BCUT2D eigenvalue weighted by Gasteiger charge is -2.34. The second-order valence-corrected chi connectivity index (χ2v) is 6.60. The quantitative estimate of drug-likeness (QED) is 0.498. The van der Waals surface area contributed by atoms with E-state index in [-0.39, 0.29) is 17.8 Å². The van der Waals surface area contributed by atoms with Gasteiger partial charge in [-0.3, -0.25) is 9.79 Å². The van der Waals surface area contributed by atoms with Gasteiger partial charge in [0.15, 0.2) is 5.96 Å². The summed E-state index contributed by atoms with van der Waals surface area (Å²) in [6, 6.07) is 0. The van der Waals surface area contributed by atoms with Crippen LogP contribution in [0.25, 0.3) is 0 Å². The monoisotopic (exact) mass is 350 g/mol. The number of ether oxygens (including phenoxy) is 1. The predicted molar refractivity (Wildman–Crippen MR) is 96.7 cm³/mol. The molecule has 1 aromatic heterocycles. The van der Waals surface area contributed by atoms with E-state index in [9.17, 15) is 4.79 Å². The number of nitrogens with one attached hydrogen (secondary N) is 1. The van der Waals surface area contributed by atoms with Gasteiger partial charge in [0.25, 0.3) is 0 Å². The first-order valence-corrected chi connectivity index (χ1v) is 9.02. The summed E-state index contributed by atoms with van der Waals surface area (Å²) in [6.07, 6.45) is 1.84. The van der Waals surface area contributed by atoms with Crippen LogP contribution < -0.4 is 5.32 Å². The Hall–Kier alpha value is -2.05. The summed E-state index contributed by atoms with van der Waals surface area (Å²) in [7, 11) is 1.77. The molecule has 0 saturated carbocycles. The zero-order valence-corrected chi connectivity index (χ0v) is 16.0. The third-order valence-electron chi connectivity index (χ3n) is 4.70. The summed E-state index contributed by atoms with van der Waals surface area (Å²) in [5.74, 6) is 1.77. The van der Waals surface area contributed by atoms with Crippen molar-refractivity contribution in [1.82, 2.24) is 15.4 Å². The molecule has 2 rings (SSSR count). The van der Waals surface area contributed by atoms with Crippen molar-refractivity contribution in [2.24, 2.45) is 10.9 Å². The molecular formula is C18H30N4O3. The molecule has 0 amide bonds. The van der Waals surface area contributed by atoms with E-state index in [0.717, 1.165) is 48.9 Å². The average molecular weight is 350 g/mol. The molecule has 0 spiro atoms. The fourth-order valence-corrected chi connectivity index (χ4v) is 3.49. The molecule has 1 fully saturated rings. The number of carbonyl (C=O) groups is 1. The second-order valence-electron chi connectivity index (χ2n) is 6.60. The van der Waals surface area contributed by atoms with Crippen molar-refractivity contribution in [3.63, 3.8) is 0 Å². The zero-order chi connectivity index (χ0) is 18.4. The number of hydrogen-bond donors (Lipinski definition) is 1. The summed E-state index contributed by atoms with van der Waals surface area (Å²) in [6.45, 7) is 10.6. The molecule has 0 aliphatic carbocycles. The molecule has 1 aromatic rings. The number of esters is 1. The number of likely N-dealkylation sites (tertiary alicyclic amines) is 1. The minimum Gasteiger partial charge on any atom is -0.466 e. The molecule has 7 heteroatoms. The topological polar surface area (TPSA) is 80.0 Å². The number of carbonyl (C=O) groups excluding carboxylic acids is 1. The Labute approximate surface area is 149 Å². The maximum Gasteiger partial charge on any atom is 0.310 e. The average Bonchev–Trinajstić information content (AvgIpc) is 2.94. The highest BCUT2D eigenvalue weighted by Crippen LogP contribution is 2.23. The van der Waals surface area contributed by atoms with Crippen molar-refractivity contribution in [2.45, 2.75) is 46.5 Å². The van der Waals surface area contributed by atoms with E-state index in [0.29, 0.717) is 13.2 Å². The van der Waals surface area contributed by atoms with Crippen LogP contribution in [-0.2, 0) is 9.53 Å². The SMILES string of the molecule is CCOC(=O)C1CCCN(C(=NC)NCC(C)c2c(C)noc2C)C1. The van der Waals surface area contributed by atoms with Gasteiger partial charge in [0.1, 0.15) is 5.76 Å². The molecule has 140 valence electrons. The maximum absolute atomic E-state index is 12.0.